The van der Waals surface area contributed by atoms with Gasteiger partial charge in [-0.2, -0.15) is 4.98 Å². The number of rotatable bonds is 3. The van der Waals surface area contributed by atoms with Crippen molar-refractivity contribution in [2.75, 3.05) is 7.11 Å². The van der Waals surface area contributed by atoms with E-state index in [2.05, 4.69) is 10.1 Å². The summed E-state index contributed by atoms with van der Waals surface area (Å²) in [4.78, 5) is 4.47. The minimum atomic E-state index is 0.0537. The maximum Gasteiger partial charge on any atom is 0.258 e. The van der Waals surface area contributed by atoms with Crippen molar-refractivity contribution in [3.05, 3.63) is 24.0 Å². The predicted octanol–water partition coefficient (Wildman–Crippen LogP) is 2.49. The summed E-state index contributed by atoms with van der Waals surface area (Å²) in [6.07, 6.45) is 3.76. The van der Waals surface area contributed by atoms with Crippen molar-refractivity contribution in [3.8, 4) is 23.0 Å². The fourth-order valence-corrected chi connectivity index (χ4v) is 3.24. The second-order valence-corrected chi connectivity index (χ2v) is 5.56. The standard InChI is InChI=1S/C15H16N2O4/c1-19-13-4-2-8(6-11(13)18)15-16-14(17-21-15)10-7-9-3-5-12(10)20-9/h2,4,6,9-10,12,18H,3,5,7H2,1H3. The van der Waals surface area contributed by atoms with E-state index < -0.39 is 0 Å². The highest BCUT2D eigenvalue weighted by atomic mass is 16.5. The van der Waals surface area contributed by atoms with Gasteiger partial charge in [0.05, 0.1) is 25.2 Å². The van der Waals surface area contributed by atoms with E-state index in [1.165, 1.54) is 7.11 Å². The van der Waals surface area contributed by atoms with Gasteiger partial charge in [-0.1, -0.05) is 5.16 Å². The average Bonchev–Trinajstić information content (AvgIpc) is 3.22. The van der Waals surface area contributed by atoms with Gasteiger partial charge < -0.3 is 19.1 Å². The number of hydrogen-bond acceptors (Lipinski definition) is 6. The molecule has 2 saturated heterocycles. The number of fused-ring (bicyclic) bond motifs is 2. The first-order valence-electron chi connectivity index (χ1n) is 7.11. The fraction of sp³-hybridized carbons (Fsp3) is 0.467. The van der Waals surface area contributed by atoms with Crippen LogP contribution >= 0.6 is 0 Å². The van der Waals surface area contributed by atoms with E-state index in [-0.39, 0.29) is 17.8 Å². The van der Waals surface area contributed by atoms with Gasteiger partial charge >= 0.3 is 0 Å². The van der Waals surface area contributed by atoms with Crippen LogP contribution in [-0.4, -0.2) is 34.6 Å². The number of phenols is 1. The smallest absolute Gasteiger partial charge is 0.258 e. The zero-order valence-corrected chi connectivity index (χ0v) is 11.7. The molecule has 2 aliphatic heterocycles. The number of phenolic OH excluding ortho intramolecular Hbond substituents is 1. The minimum absolute atomic E-state index is 0.0537. The Hall–Kier alpha value is -2.08. The molecule has 0 saturated carbocycles. The van der Waals surface area contributed by atoms with Crippen molar-refractivity contribution in [1.82, 2.24) is 10.1 Å². The Morgan fingerprint density at radius 2 is 2.24 bits per heavy atom. The van der Waals surface area contributed by atoms with Crippen molar-refractivity contribution >= 4 is 0 Å². The molecule has 1 aromatic heterocycles. The number of nitrogens with zero attached hydrogens (tertiary/aromatic N) is 2. The maximum absolute atomic E-state index is 9.82. The summed E-state index contributed by atoms with van der Waals surface area (Å²) in [5, 5.41) is 13.9. The summed E-state index contributed by atoms with van der Waals surface area (Å²) >= 11 is 0. The van der Waals surface area contributed by atoms with E-state index in [1.54, 1.807) is 18.2 Å². The molecule has 0 amide bonds. The van der Waals surface area contributed by atoms with E-state index in [9.17, 15) is 5.11 Å². The number of benzene rings is 1. The van der Waals surface area contributed by atoms with E-state index in [0.717, 1.165) is 19.3 Å². The summed E-state index contributed by atoms with van der Waals surface area (Å²) in [6, 6.07) is 5.02. The van der Waals surface area contributed by atoms with Crippen molar-refractivity contribution in [1.29, 1.82) is 0 Å². The van der Waals surface area contributed by atoms with Crippen LogP contribution in [0.4, 0.5) is 0 Å². The summed E-state index contributed by atoms with van der Waals surface area (Å²) in [5.41, 5.74) is 0.677. The largest absolute Gasteiger partial charge is 0.504 e. The highest BCUT2D eigenvalue weighted by molar-refractivity contribution is 5.59. The highest BCUT2D eigenvalue weighted by Crippen LogP contribution is 2.43. The predicted molar refractivity (Wildman–Crippen MR) is 73.2 cm³/mol. The Bertz CT molecular complexity index is 669. The van der Waals surface area contributed by atoms with Gasteiger partial charge in [0.15, 0.2) is 17.3 Å². The molecule has 0 spiro atoms. The van der Waals surface area contributed by atoms with Crippen LogP contribution in [0.5, 0.6) is 11.5 Å². The van der Waals surface area contributed by atoms with Crippen LogP contribution in [0.1, 0.15) is 31.0 Å². The summed E-state index contributed by atoms with van der Waals surface area (Å²) in [6.45, 7) is 0. The van der Waals surface area contributed by atoms with Crippen LogP contribution in [-0.2, 0) is 4.74 Å². The Kier molecular flexibility index (Phi) is 2.85. The second kappa shape index (κ2) is 4.73. The first-order valence-corrected chi connectivity index (χ1v) is 7.11. The molecule has 0 aliphatic carbocycles. The molecule has 1 aromatic carbocycles. The monoisotopic (exact) mass is 288 g/mol. The van der Waals surface area contributed by atoms with Gasteiger partial charge in [0.25, 0.3) is 5.89 Å². The third kappa shape index (κ3) is 2.06. The van der Waals surface area contributed by atoms with Crippen molar-refractivity contribution < 1.29 is 19.1 Å². The van der Waals surface area contributed by atoms with Gasteiger partial charge in [-0.15, -0.1) is 0 Å². The topological polar surface area (TPSA) is 77.6 Å². The molecule has 6 nitrogen and oxygen atoms in total. The van der Waals surface area contributed by atoms with Crippen molar-refractivity contribution in [2.24, 2.45) is 0 Å². The normalized spacial score (nSPS) is 27.2. The first kappa shape index (κ1) is 12.6. The molecule has 6 heteroatoms. The van der Waals surface area contributed by atoms with Crippen LogP contribution in [0.25, 0.3) is 11.5 Å². The van der Waals surface area contributed by atoms with E-state index in [1.807, 2.05) is 0 Å². The molecule has 0 radical (unpaired) electrons. The molecule has 4 rings (SSSR count). The van der Waals surface area contributed by atoms with Crippen molar-refractivity contribution in [2.45, 2.75) is 37.4 Å². The van der Waals surface area contributed by atoms with Gasteiger partial charge in [0.1, 0.15) is 0 Å². The summed E-state index contributed by atoms with van der Waals surface area (Å²) < 4.78 is 16.2. The first-order chi connectivity index (χ1) is 10.2. The molecule has 2 aliphatic rings. The molecule has 3 atom stereocenters. The summed E-state index contributed by atoms with van der Waals surface area (Å²) in [7, 11) is 1.51. The molecule has 21 heavy (non-hydrogen) atoms. The summed E-state index contributed by atoms with van der Waals surface area (Å²) in [5.74, 6) is 1.81. The molecule has 110 valence electrons. The van der Waals surface area contributed by atoms with E-state index in [0.29, 0.717) is 29.1 Å². The Morgan fingerprint density at radius 1 is 1.33 bits per heavy atom. The van der Waals surface area contributed by atoms with Gasteiger partial charge in [-0.05, 0) is 37.5 Å². The van der Waals surface area contributed by atoms with E-state index >= 15 is 0 Å². The fourth-order valence-electron chi connectivity index (χ4n) is 3.24. The molecule has 3 unspecified atom stereocenters. The molecule has 2 bridgehead atoms. The third-order valence-corrected chi connectivity index (χ3v) is 4.31. The molecule has 1 N–H and O–H groups in total. The van der Waals surface area contributed by atoms with Crippen LogP contribution in [0.3, 0.4) is 0 Å². The third-order valence-electron chi connectivity index (χ3n) is 4.31. The van der Waals surface area contributed by atoms with Gasteiger partial charge in [0.2, 0.25) is 0 Å². The maximum atomic E-state index is 9.82. The Balaban J connectivity index is 1.61. The minimum Gasteiger partial charge on any atom is -0.504 e. The van der Waals surface area contributed by atoms with Gasteiger partial charge in [0, 0.05) is 5.56 Å². The van der Waals surface area contributed by atoms with Crippen LogP contribution < -0.4 is 4.74 Å². The zero-order valence-electron chi connectivity index (χ0n) is 11.7. The second-order valence-electron chi connectivity index (χ2n) is 5.56. The average molecular weight is 288 g/mol. The lowest BCUT2D eigenvalue weighted by Crippen LogP contribution is -2.15. The number of hydrogen-bond donors (Lipinski definition) is 1. The van der Waals surface area contributed by atoms with Gasteiger partial charge in [-0.25, -0.2) is 0 Å². The highest BCUT2D eigenvalue weighted by Gasteiger charge is 2.43. The lowest BCUT2D eigenvalue weighted by Gasteiger charge is -2.13. The number of methoxy groups -OCH3 is 1. The Labute approximate surface area is 121 Å². The SMILES string of the molecule is COc1ccc(-c2nc(C3CC4CCC3O4)no2)cc1O. The molecule has 2 fully saturated rings. The van der Waals surface area contributed by atoms with Gasteiger partial charge in [-0.3, -0.25) is 0 Å². The number of ether oxygens (including phenoxy) is 2. The molecular formula is C15H16N2O4. The Morgan fingerprint density at radius 3 is 2.90 bits per heavy atom. The lowest BCUT2D eigenvalue weighted by molar-refractivity contribution is 0.0996. The van der Waals surface area contributed by atoms with Crippen molar-refractivity contribution in [3.63, 3.8) is 0 Å². The quantitative estimate of drug-likeness (QED) is 0.935. The molecular weight excluding hydrogens is 272 g/mol. The number of aromatic nitrogens is 2. The van der Waals surface area contributed by atoms with E-state index in [4.69, 9.17) is 14.0 Å². The number of aromatic hydroxyl groups is 1. The zero-order chi connectivity index (χ0) is 14.4. The van der Waals surface area contributed by atoms with Crippen LogP contribution in [0.15, 0.2) is 22.7 Å². The lowest BCUT2D eigenvalue weighted by atomic mass is 9.89. The van der Waals surface area contributed by atoms with Crippen LogP contribution in [0, 0.1) is 0 Å². The molecule has 3 heterocycles. The van der Waals surface area contributed by atoms with Crippen LogP contribution in [0.2, 0.25) is 0 Å². The molecule has 2 aromatic rings.